The Bertz CT molecular complexity index is 405. The molecule has 2 heterocycles. The van der Waals surface area contributed by atoms with E-state index >= 15 is 0 Å². The second-order valence-corrected chi connectivity index (χ2v) is 5.00. The van der Waals surface area contributed by atoms with Crippen LogP contribution in [0.3, 0.4) is 0 Å². The first-order valence-electron chi connectivity index (χ1n) is 5.08. The molecule has 1 unspecified atom stereocenters. The van der Waals surface area contributed by atoms with Gasteiger partial charge in [0.05, 0.1) is 12.3 Å². The first-order valence-corrected chi connectivity index (χ1v) is 5.89. The molecule has 15 heavy (non-hydrogen) atoms. The highest BCUT2D eigenvalue weighted by Crippen LogP contribution is 2.17. The monoisotopic (exact) mass is 221 g/mol. The standard InChI is InChI=1S/C12H15NOS/c1-9-5-6-11(15-9)8-13-10(2)12-4-3-7-14-12/h3-7,10,13H,8H2,1-2H3. The molecule has 2 rings (SSSR count). The quantitative estimate of drug-likeness (QED) is 0.854. The molecule has 0 aliphatic rings. The van der Waals surface area contributed by atoms with Crippen LogP contribution in [0, 0.1) is 6.92 Å². The lowest BCUT2D eigenvalue weighted by Crippen LogP contribution is -2.16. The molecule has 0 spiro atoms. The summed E-state index contributed by atoms with van der Waals surface area (Å²) in [7, 11) is 0. The van der Waals surface area contributed by atoms with Crippen LogP contribution in [-0.4, -0.2) is 0 Å². The molecule has 0 bridgehead atoms. The van der Waals surface area contributed by atoms with Gasteiger partial charge in [0, 0.05) is 16.3 Å². The SMILES string of the molecule is Cc1ccc(CNC(C)c2ccco2)s1. The Balaban J connectivity index is 1.88. The van der Waals surface area contributed by atoms with Gasteiger partial charge in [0.2, 0.25) is 0 Å². The van der Waals surface area contributed by atoms with Crippen molar-refractivity contribution in [3.8, 4) is 0 Å². The number of aryl methyl sites for hydroxylation is 1. The van der Waals surface area contributed by atoms with Gasteiger partial charge in [-0.05, 0) is 38.1 Å². The predicted octanol–water partition coefficient (Wildman–Crippen LogP) is 3.50. The maximum atomic E-state index is 5.33. The summed E-state index contributed by atoms with van der Waals surface area (Å²) in [4.78, 5) is 2.73. The van der Waals surface area contributed by atoms with Crippen molar-refractivity contribution in [2.75, 3.05) is 0 Å². The van der Waals surface area contributed by atoms with Gasteiger partial charge in [-0.3, -0.25) is 0 Å². The Morgan fingerprint density at radius 1 is 1.40 bits per heavy atom. The molecule has 1 N–H and O–H groups in total. The predicted molar refractivity (Wildman–Crippen MR) is 63.0 cm³/mol. The van der Waals surface area contributed by atoms with Crippen LogP contribution in [-0.2, 0) is 6.54 Å². The van der Waals surface area contributed by atoms with Crippen LogP contribution in [0.4, 0.5) is 0 Å². The first-order chi connectivity index (χ1) is 7.25. The number of rotatable bonds is 4. The fourth-order valence-electron chi connectivity index (χ4n) is 1.47. The lowest BCUT2D eigenvalue weighted by Gasteiger charge is -2.09. The smallest absolute Gasteiger partial charge is 0.120 e. The highest BCUT2D eigenvalue weighted by Gasteiger charge is 2.07. The van der Waals surface area contributed by atoms with E-state index in [1.165, 1.54) is 9.75 Å². The maximum Gasteiger partial charge on any atom is 0.120 e. The van der Waals surface area contributed by atoms with Crippen molar-refractivity contribution in [3.63, 3.8) is 0 Å². The van der Waals surface area contributed by atoms with E-state index in [1.807, 2.05) is 23.5 Å². The van der Waals surface area contributed by atoms with E-state index in [2.05, 4.69) is 31.3 Å². The van der Waals surface area contributed by atoms with Gasteiger partial charge in [0.15, 0.2) is 0 Å². The molecule has 0 saturated heterocycles. The summed E-state index contributed by atoms with van der Waals surface area (Å²) >= 11 is 1.83. The second kappa shape index (κ2) is 4.64. The van der Waals surface area contributed by atoms with Gasteiger partial charge >= 0.3 is 0 Å². The summed E-state index contributed by atoms with van der Waals surface area (Å²) in [5.74, 6) is 0.989. The van der Waals surface area contributed by atoms with Crippen LogP contribution in [0.25, 0.3) is 0 Å². The summed E-state index contributed by atoms with van der Waals surface area (Å²) in [5, 5.41) is 3.43. The van der Waals surface area contributed by atoms with Crippen LogP contribution < -0.4 is 5.32 Å². The minimum atomic E-state index is 0.266. The lowest BCUT2D eigenvalue weighted by molar-refractivity contribution is 0.431. The number of hydrogen-bond acceptors (Lipinski definition) is 3. The van der Waals surface area contributed by atoms with Gasteiger partial charge < -0.3 is 9.73 Å². The Labute approximate surface area is 93.9 Å². The molecule has 3 heteroatoms. The van der Waals surface area contributed by atoms with E-state index in [-0.39, 0.29) is 6.04 Å². The molecule has 0 amide bonds. The molecular formula is C12H15NOS. The fraction of sp³-hybridized carbons (Fsp3) is 0.333. The Hall–Kier alpha value is -1.06. The zero-order chi connectivity index (χ0) is 10.7. The highest BCUT2D eigenvalue weighted by atomic mass is 32.1. The summed E-state index contributed by atoms with van der Waals surface area (Å²) in [5.41, 5.74) is 0. The third-order valence-electron chi connectivity index (χ3n) is 2.35. The molecule has 0 aliphatic carbocycles. The van der Waals surface area contributed by atoms with E-state index in [0.29, 0.717) is 0 Å². The van der Waals surface area contributed by atoms with Gasteiger partial charge in [0.1, 0.15) is 5.76 Å². The third kappa shape index (κ3) is 2.70. The van der Waals surface area contributed by atoms with Crippen molar-refractivity contribution in [1.29, 1.82) is 0 Å². The van der Waals surface area contributed by atoms with E-state index in [0.717, 1.165) is 12.3 Å². The lowest BCUT2D eigenvalue weighted by atomic mass is 10.2. The van der Waals surface area contributed by atoms with E-state index < -0.39 is 0 Å². The van der Waals surface area contributed by atoms with Crippen molar-refractivity contribution < 1.29 is 4.42 Å². The van der Waals surface area contributed by atoms with Crippen molar-refractivity contribution >= 4 is 11.3 Å². The zero-order valence-corrected chi connectivity index (χ0v) is 9.80. The maximum absolute atomic E-state index is 5.33. The highest BCUT2D eigenvalue weighted by molar-refractivity contribution is 7.11. The second-order valence-electron chi connectivity index (χ2n) is 3.63. The van der Waals surface area contributed by atoms with Crippen molar-refractivity contribution in [2.24, 2.45) is 0 Å². The van der Waals surface area contributed by atoms with Crippen molar-refractivity contribution in [2.45, 2.75) is 26.4 Å². The molecule has 2 aromatic heterocycles. The Morgan fingerprint density at radius 2 is 2.27 bits per heavy atom. The average molecular weight is 221 g/mol. The summed E-state index contributed by atoms with van der Waals surface area (Å²) in [6.45, 7) is 5.14. The Morgan fingerprint density at radius 3 is 2.87 bits per heavy atom. The van der Waals surface area contributed by atoms with Crippen LogP contribution in [0.15, 0.2) is 34.9 Å². The van der Waals surface area contributed by atoms with Gasteiger partial charge in [-0.25, -0.2) is 0 Å². The molecule has 0 aromatic carbocycles. The van der Waals surface area contributed by atoms with Crippen LogP contribution in [0.2, 0.25) is 0 Å². The number of nitrogens with one attached hydrogen (secondary N) is 1. The van der Waals surface area contributed by atoms with Crippen molar-refractivity contribution in [3.05, 3.63) is 46.0 Å². The number of hydrogen-bond donors (Lipinski definition) is 1. The third-order valence-corrected chi connectivity index (χ3v) is 3.35. The molecule has 0 saturated carbocycles. The molecule has 0 fully saturated rings. The molecule has 80 valence electrons. The zero-order valence-electron chi connectivity index (χ0n) is 8.99. The molecule has 0 aliphatic heterocycles. The first kappa shape index (κ1) is 10.5. The minimum Gasteiger partial charge on any atom is -0.468 e. The van der Waals surface area contributed by atoms with Gasteiger partial charge in [0.25, 0.3) is 0 Å². The van der Waals surface area contributed by atoms with E-state index in [1.54, 1.807) is 6.26 Å². The van der Waals surface area contributed by atoms with Crippen LogP contribution in [0.1, 0.15) is 28.5 Å². The largest absolute Gasteiger partial charge is 0.468 e. The molecule has 2 nitrogen and oxygen atoms in total. The molecule has 0 radical (unpaired) electrons. The average Bonchev–Trinajstić information content (AvgIpc) is 2.84. The minimum absolute atomic E-state index is 0.266. The topological polar surface area (TPSA) is 25.2 Å². The molecular weight excluding hydrogens is 206 g/mol. The fourth-order valence-corrected chi connectivity index (χ4v) is 2.31. The normalized spacial score (nSPS) is 12.9. The number of thiophene rings is 1. The Kier molecular flexibility index (Phi) is 3.23. The van der Waals surface area contributed by atoms with Gasteiger partial charge in [-0.15, -0.1) is 11.3 Å². The van der Waals surface area contributed by atoms with Crippen molar-refractivity contribution in [1.82, 2.24) is 5.32 Å². The summed E-state index contributed by atoms with van der Waals surface area (Å²) in [6.07, 6.45) is 1.71. The summed E-state index contributed by atoms with van der Waals surface area (Å²) < 4.78 is 5.33. The van der Waals surface area contributed by atoms with Gasteiger partial charge in [-0.1, -0.05) is 0 Å². The van der Waals surface area contributed by atoms with E-state index in [9.17, 15) is 0 Å². The molecule has 2 aromatic rings. The summed E-state index contributed by atoms with van der Waals surface area (Å²) in [6, 6.07) is 8.50. The molecule has 1 atom stereocenters. The van der Waals surface area contributed by atoms with Gasteiger partial charge in [-0.2, -0.15) is 0 Å². The van der Waals surface area contributed by atoms with Crippen LogP contribution in [0.5, 0.6) is 0 Å². The van der Waals surface area contributed by atoms with Crippen LogP contribution >= 0.6 is 11.3 Å². The van der Waals surface area contributed by atoms with E-state index in [4.69, 9.17) is 4.42 Å². The number of furan rings is 1.